The molecule has 96 valence electrons. The number of benzene rings is 1. The highest BCUT2D eigenvalue weighted by atomic mass is 16.5. The van der Waals surface area contributed by atoms with Gasteiger partial charge in [0, 0.05) is 25.8 Å². The number of carbonyl (C=O) groups is 2. The zero-order valence-electron chi connectivity index (χ0n) is 10.1. The minimum atomic E-state index is -0.529. The van der Waals surface area contributed by atoms with Gasteiger partial charge in [0.2, 0.25) is 0 Å². The summed E-state index contributed by atoms with van der Waals surface area (Å²) < 4.78 is 4.91. The van der Waals surface area contributed by atoms with E-state index in [1.165, 1.54) is 0 Å². The number of nitrogens with one attached hydrogen (secondary N) is 1. The molecule has 1 heterocycles. The summed E-state index contributed by atoms with van der Waals surface area (Å²) in [5.74, 6) is -0.275. The first-order valence-electron chi connectivity index (χ1n) is 5.62. The van der Waals surface area contributed by atoms with Crippen LogP contribution in [0.15, 0.2) is 24.3 Å². The van der Waals surface area contributed by atoms with Crippen molar-refractivity contribution >= 4 is 23.3 Å². The van der Waals surface area contributed by atoms with E-state index in [1.807, 2.05) is 0 Å². The standard InChI is InChI=1S/C12H15N3O3/c1-18-6-5-10-11(16)15(12(17)14-10)9-4-2-3-8(13)7-9/h2-4,7,10H,5-6,13H2,1H3,(H,14,17). The molecule has 3 N–H and O–H groups in total. The molecule has 1 saturated heterocycles. The molecule has 1 aromatic rings. The molecule has 1 fully saturated rings. The number of hydrogen-bond donors (Lipinski definition) is 2. The number of nitrogens with two attached hydrogens (primary N) is 1. The van der Waals surface area contributed by atoms with Gasteiger partial charge in [-0.15, -0.1) is 0 Å². The Balaban J connectivity index is 2.19. The lowest BCUT2D eigenvalue weighted by molar-refractivity contribution is -0.118. The quantitative estimate of drug-likeness (QED) is 0.608. The number of amides is 3. The second kappa shape index (κ2) is 5.05. The number of nitrogens with zero attached hydrogens (tertiary/aromatic N) is 1. The first-order valence-corrected chi connectivity index (χ1v) is 5.62. The number of rotatable bonds is 4. The van der Waals surface area contributed by atoms with Crippen LogP contribution in [-0.4, -0.2) is 31.7 Å². The van der Waals surface area contributed by atoms with Gasteiger partial charge >= 0.3 is 6.03 Å². The molecule has 6 heteroatoms. The van der Waals surface area contributed by atoms with Gasteiger partial charge in [-0.05, 0) is 18.2 Å². The highest BCUT2D eigenvalue weighted by Crippen LogP contribution is 2.22. The fraction of sp³-hybridized carbons (Fsp3) is 0.333. The van der Waals surface area contributed by atoms with Gasteiger partial charge in [0.1, 0.15) is 6.04 Å². The van der Waals surface area contributed by atoms with Crippen molar-refractivity contribution in [3.05, 3.63) is 24.3 Å². The number of nitrogen functional groups attached to an aromatic ring is 1. The van der Waals surface area contributed by atoms with E-state index < -0.39 is 12.1 Å². The van der Waals surface area contributed by atoms with E-state index in [1.54, 1.807) is 31.4 Å². The maximum absolute atomic E-state index is 12.1. The first kappa shape index (κ1) is 12.4. The molecule has 1 aliphatic rings. The SMILES string of the molecule is COCCC1NC(=O)N(c2cccc(N)c2)C1=O. The van der Waals surface area contributed by atoms with Crippen molar-refractivity contribution in [2.24, 2.45) is 0 Å². The highest BCUT2D eigenvalue weighted by molar-refractivity contribution is 6.21. The fourth-order valence-electron chi connectivity index (χ4n) is 1.87. The van der Waals surface area contributed by atoms with E-state index >= 15 is 0 Å². The topological polar surface area (TPSA) is 84.7 Å². The van der Waals surface area contributed by atoms with Crippen LogP contribution >= 0.6 is 0 Å². The molecule has 0 radical (unpaired) electrons. The molecule has 0 spiro atoms. The summed E-state index contributed by atoms with van der Waals surface area (Å²) in [6.07, 6.45) is 0.458. The van der Waals surface area contributed by atoms with Gasteiger partial charge in [-0.2, -0.15) is 0 Å². The van der Waals surface area contributed by atoms with Crippen LogP contribution in [-0.2, 0) is 9.53 Å². The molecule has 1 unspecified atom stereocenters. The zero-order valence-corrected chi connectivity index (χ0v) is 10.1. The second-order valence-corrected chi connectivity index (χ2v) is 4.05. The molecular weight excluding hydrogens is 234 g/mol. The van der Waals surface area contributed by atoms with Crippen LogP contribution in [0.4, 0.5) is 16.2 Å². The van der Waals surface area contributed by atoms with Crippen LogP contribution in [0.2, 0.25) is 0 Å². The average molecular weight is 249 g/mol. The number of carbonyl (C=O) groups excluding carboxylic acids is 2. The predicted molar refractivity (Wildman–Crippen MR) is 67.2 cm³/mol. The van der Waals surface area contributed by atoms with Crippen LogP contribution < -0.4 is 16.0 Å². The Morgan fingerprint density at radius 2 is 2.22 bits per heavy atom. The third kappa shape index (κ3) is 2.28. The van der Waals surface area contributed by atoms with Crippen molar-refractivity contribution in [2.75, 3.05) is 24.4 Å². The van der Waals surface area contributed by atoms with E-state index in [0.717, 1.165) is 4.90 Å². The van der Waals surface area contributed by atoms with Crippen LogP contribution in [0.1, 0.15) is 6.42 Å². The smallest absolute Gasteiger partial charge is 0.329 e. The summed E-state index contributed by atoms with van der Waals surface area (Å²) in [6, 6.07) is 5.71. The Kier molecular flexibility index (Phi) is 3.47. The zero-order chi connectivity index (χ0) is 13.1. The normalized spacial score (nSPS) is 19.2. The third-order valence-corrected chi connectivity index (χ3v) is 2.76. The molecule has 0 saturated carbocycles. The van der Waals surface area contributed by atoms with Gasteiger partial charge < -0.3 is 15.8 Å². The van der Waals surface area contributed by atoms with E-state index in [4.69, 9.17) is 10.5 Å². The largest absolute Gasteiger partial charge is 0.399 e. The third-order valence-electron chi connectivity index (χ3n) is 2.76. The Morgan fingerprint density at radius 1 is 1.44 bits per heavy atom. The second-order valence-electron chi connectivity index (χ2n) is 4.05. The van der Waals surface area contributed by atoms with Crippen LogP contribution in [0.3, 0.4) is 0 Å². The maximum Gasteiger partial charge on any atom is 0.329 e. The molecule has 3 amide bonds. The summed E-state index contributed by atoms with van der Waals surface area (Å²) >= 11 is 0. The molecule has 2 rings (SSSR count). The molecule has 18 heavy (non-hydrogen) atoms. The van der Waals surface area contributed by atoms with Crippen molar-refractivity contribution < 1.29 is 14.3 Å². The van der Waals surface area contributed by atoms with Crippen molar-refractivity contribution in [1.82, 2.24) is 5.32 Å². The maximum atomic E-state index is 12.1. The van der Waals surface area contributed by atoms with E-state index in [0.29, 0.717) is 24.4 Å². The molecule has 0 bridgehead atoms. The number of hydrogen-bond acceptors (Lipinski definition) is 4. The lowest BCUT2D eigenvalue weighted by Gasteiger charge is -2.13. The lowest BCUT2D eigenvalue weighted by atomic mass is 10.2. The molecule has 0 aromatic heterocycles. The molecule has 0 aliphatic carbocycles. The minimum absolute atomic E-state index is 0.275. The van der Waals surface area contributed by atoms with Gasteiger partial charge in [-0.1, -0.05) is 6.07 Å². The minimum Gasteiger partial charge on any atom is -0.399 e. The summed E-state index contributed by atoms with van der Waals surface area (Å²) in [4.78, 5) is 25.0. The molecule has 1 aliphatic heterocycles. The van der Waals surface area contributed by atoms with Gasteiger partial charge in [0.05, 0.1) is 5.69 Å². The van der Waals surface area contributed by atoms with Gasteiger partial charge in [-0.3, -0.25) is 4.79 Å². The predicted octanol–water partition coefficient (Wildman–Crippen LogP) is 0.730. The van der Waals surface area contributed by atoms with Gasteiger partial charge in [0.25, 0.3) is 5.91 Å². The van der Waals surface area contributed by atoms with Crippen molar-refractivity contribution in [3.8, 4) is 0 Å². The summed E-state index contributed by atoms with van der Waals surface area (Å²) in [6.45, 7) is 0.418. The van der Waals surface area contributed by atoms with E-state index in [2.05, 4.69) is 5.32 Å². The summed E-state index contributed by atoms with van der Waals surface area (Å²) in [5.41, 5.74) is 6.63. The van der Waals surface area contributed by atoms with Crippen molar-refractivity contribution in [2.45, 2.75) is 12.5 Å². The fourth-order valence-corrected chi connectivity index (χ4v) is 1.87. The molecular formula is C12H15N3O3. The molecule has 6 nitrogen and oxygen atoms in total. The average Bonchev–Trinajstić information content (AvgIpc) is 2.62. The number of urea groups is 1. The Morgan fingerprint density at radius 3 is 2.89 bits per heavy atom. The summed E-state index contributed by atoms with van der Waals surface area (Å²) in [5, 5.41) is 2.62. The van der Waals surface area contributed by atoms with Crippen LogP contribution in [0.5, 0.6) is 0 Å². The Bertz CT molecular complexity index is 475. The number of methoxy groups -OCH3 is 1. The van der Waals surface area contributed by atoms with Gasteiger partial charge in [0.15, 0.2) is 0 Å². The van der Waals surface area contributed by atoms with E-state index in [-0.39, 0.29) is 5.91 Å². The number of ether oxygens (including phenoxy) is 1. The van der Waals surface area contributed by atoms with E-state index in [9.17, 15) is 9.59 Å². The number of imide groups is 1. The Hall–Kier alpha value is -2.08. The summed E-state index contributed by atoms with van der Waals surface area (Å²) in [7, 11) is 1.55. The monoisotopic (exact) mass is 249 g/mol. The molecule has 1 atom stereocenters. The molecule has 1 aromatic carbocycles. The van der Waals surface area contributed by atoms with Crippen molar-refractivity contribution in [3.63, 3.8) is 0 Å². The number of anilines is 2. The van der Waals surface area contributed by atoms with Gasteiger partial charge in [-0.25, -0.2) is 9.69 Å². The van der Waals surface area contributed by atoms with Crippen LogP contribution in [0, 0.1) is 0 Å². The van der Waals surface area contributed by atoms with Crippen LogP contribution in [0.25, 0.3) is 0 Å². The highest BCUT2D eigenvalue weighted by Gasteiger charge is 2.38. The van der Waals surface area contributed by atoms with Crippen molar-refractivity contribution in [1.29, 1.82) is 0 Å². The Labute approximate surface area is 105 Å². The first-order chi connectivity index (χ1) is 8.63. The lowest BCUT2D eigenvalue weighted by Crippen LogP contribution is -2.31.